The topological polar surface area (TPSA) is 27.7 Å². The Kier molecular flexibility index (Phi) is 1.92. The van der Waals surface area contributed by atoms with E-state index < -0.39 is 0 Å². The third kappa shape index (κ3) is 1.29. The maximum atomic E-state index is 5.69. The van der Waals surface area contributed by atoms with Gasteiger partial charge in [-0.15, -0.1) is 0 Å². The SMILES string of the molecule is c1ccc2c(c1)CC1OCCOC1O2. The summed E-state index contributed by atoms with van der Waals surface area (Å²) in [6.07, 6.45) is 0.748. The molecule has 2 atom stereocenters. The van der Waals surface area contributed by atoms with Crippen molar-refractivity contribution in [2.45, 2.75) is 18.8 Å². The van der Waals surface area contributed by atoms with Gasteiger partial charge in [-0.1, -0.05) is 18.2 Å². The fourth-order valence-corrected chi connectivity index (χ4v) is 1.94. The number of benzene rings is 1. The van der Waals surface area contributed by atoms with Crippen LogP contribution in [0.2, 0.25) is 0 Å². The van der Waals surface area contributed by atoms with E-state index >= 15 is 0 Å². The largest absolute Gasteiger partial charge is 0.462 e. The summed E-state index contributed by atoms with van der Waals surface area (Å²) in [5.41, 5.74) is 1.21. The molecule has 74 valence electrons. The van der Waals surface area contributed by atoms with Crippen LogP contribution in [0.1, 0.15) is 5.56 Å². The molecule has 0 spiro atoms. The Morgan fingerprint density at radius 2 is 1.93 bits per heavy atom. The molecule has 1 fully saturated rings. The molecule has 0 amide bonds. The lowest BCUT2D eigenvalue weighted by atomic mass is 10.0. The van der Waals surface area contributed by atoms with E-state index in [0.717, 1.165) is 12.2 Å². The quantitative estimate of drug-likeness (QED) is 0.621. The van der Waals surface area contributed by atoms with Crippen LogP contribution < -0.4 is 4.74 Å². The maximum Gasteiger partial charge on any atom is 0.226 e. The van der Waals surface area contributed by atoms with Gasteiger partial charge in [0.15, 0.2) is 0 Å². The van der Waals surface area contributed by atoms with Crippen LogP contribution in [0.3, 0.4) is 0 Å². The molecule has 1 aromatic rings. The lowest BCUT2D eigenvalue weighted by molar-refractivity contribution is -0.219. The van der Waals surface area contributed by atoms with E-state index in [-0.39, 0.29) is 12.4 Å². The minimum Gasteiger partial charge on any atom is -0.462 e. The van der Waals surface area contributed by atoms with Gasteiger partial charge in [-0.25, -0.2) is 0 Å². The van der Waals surface area contributed by atoms with Crippen LogP contribution in [-0.2, 0) is 15.9 Å². The number of rotatable bonds is 0. The molecule has 0 saturated carbocycles. The van der Waals surface area contributed by atoms with Crippen molar-refractivity contribution in [3.05, 3.63) is 29.8 Å². The molecule has 1 aromatic carbocycles. The molecule has 2 heterocycles. The van der Waals surface area contributed by atoms with Crippen molar-refractivity contribution in [1.82, 2.24) is 0 Å². The molecule has 2 aliphatic heterocycles. The van der Waals surface area contributed by atoms with Crippen LogP contribution in [0.4, 0.5) is 0 Å². The van der Waals surface area contributed by atoms with Crippen molar-refractivity contribution in [3.8, 4) is 5.75 Å². The lowest BCUT2D eigenvalue weighted by Gasteiger charge is -2.36. The predicted octanol–water partition coefficient (Wildman–Crippen LogP) is 1.36. The Balaban J connectivity index is 1.91. The van der Waals surface area contributed by atoms with Crippen molar-refractivity contribution in [2.24, 2.45) is 0 Å². The van der Waals surface area contributed by atoms with Crippen LogP contribution in [0.25, 0.3) is 0 Å². The van der Waals surface area contributed by atoms with Crippen LogP contribution in [0.5, 0.6) is 5.75 Å². The zero-order chi connectivity index (χ0) is 9.38. The molecule has 3 nitrogen and oxygen atoms in total. The average molecular weight is 192 g/mol. The molecule has 0 N–H and O–H groups in total. The second-order valence-corrected chi connectivity index (χ2v) is 3.58. The fraction of sp³-hybridized carbons (Fsp3) is 0.455. The van der Waals surface area contributed by atoms with Crippen molar-refractivity contribution in [2.75, 3.05) is 13.2 Å². The average Bonchev–Trinajstić information content (AvgIpc) is 2.26. The highest BCUT2D eigenvalue weighted by Crippen LogP contribution is 2.30. The second-order valence-electron chi connectivity index (χ2n) is 3.58. The van der Waals surface area contributed by atoms with Gasteiger partial charge in [-0.3, -0.25) is 0 Å². The van der Waals surface area contributed by atoms with Gasteiger partial charge in [0.2, 0.25) is 6.29 Å². The first-order valence-corrected chi connectivity index (χ1v) is 4.91. The van der Waals surface area contributed by atoms with E-state index in [1.807, 2.05) is 18.2 Å². The summed E-state index contributed by atoms with van der Waals surface area (Å²) in [7, 11) is 0. The third-order valence-electron chi connectivity index (χ3n) is 2.64. The zero-order valence-electron chi connectivity index (χ0n) is 7.81. The van der Waals surface area contributed by atoms with Gasteiger partial charge in [0, 0.05) is 6.42 Å². The third-order valence-corrected chi connectivity index (χ3v) is 2.64. The molecular weight excluding hydrogens is 180 g/mol. The number of hydrogen-bond donors (Lipinski definition) is 0. The minimum absolute atomic E-state index is 0.0682. The first-order chi connectivity index (χ1) is 6.93. The summed E-state index contributed by atoms with van der Waals surface area (Å²) in [5.74, 6) is 0.930. The van der Waals surface area contributed by atoms with Crippen molar-refractivity contribution in [3.63, 3.8) is 0 Å². The minimum atomic E-state index is -0.210. The van der Waals surface area contributed by atoms with Gasteiger partial charge in [0.05, 0.1) is 13.2 Å². The molecule has 2 unspecified atom stereocenters. The standard InChI is InChI=1S/C11H12O3/c1-2-4-9-8(3-1)7-10-11(14-9)13-6-5-12-10/h1-4,10-11H,5-7H2. The smallest absolute Gasteiger partial charge is 0.226 e. The highest BCUT2D eigenvalue weighted by Gasteiger charge is 2.33. The van der Waals surface area contributed by atoms with E-state index in [2.05, 4.69) is 6.07 Å². The molecule has 3 heteroatoms. The van der Waals surface area contributed by atoms with E-state index in [1.54, 1.807) is 0 Å². The zero-order valence-corrected chi connectivity index (χ0v) is 7.81. The summed E-state index contributed by atoms with van der Waals surface area (Å²) in [5, 5.41) is 0. The van der Waals surface area contributed by atoms with Crippen molar-refractivity contribution < 1.29 is 14.2 Å². The lowest BCUT2D eigenvalue weighted by Crippen LogP contribution is -2.45. The summed E-state index contributed by atoms with van der Waals surface area (Å²) in [6.45, 7) is 1.30. The molecule has 0 radical (unpaired) electrons. The van der Waals surface area contributed by atoms with E-state index in [1.165, 1.54) is 5.56 Å². The molecule has 2 aliphatic rings. The molecule has 0 aliphatic carbocycles. The van der Waals surface area contributed by atoms with Crippen LogP contribution in [0, 0.1) is 0 Å². The number of hydrogen-bond acceptors (Lipinski definition) is 3. The molecule has 3 rings (SSSR count). The van der Waals surface area contributed by atoms with Crippen LogP contribution in [-0.4, -0.2) is 25.6 Å². The summed E-state index contributed by atoms with van der Waals surface area (Å²) >= 11 is 0. The normalized spacial score (nSPS) is 30.0. The van der Waals surface area contributed by atoms with Gasteiger partial charge in [-0.05, 0) is 11.6 Å². The first kappa shape index (κ1) is 8.26. The Hall–Kier alpha value is -1.06. The second kappa shape index (κ2) is 3.26. The van der Waals surface area contributed by atoms with Crippen LogP contribution >= 0.6 is 0 Å². The van der Waals surface area contributed by atoms with Crippen molar-refractivity contribution >= 4 is 0 Å². The highest BCUT2D eigenvalue weighted by atomic mass is 16.7. The maximum absolute atomic E-state index is 5.69. The monoisotopic (exact) mass is 192 g/mol. The predicted molar refractivity (Wildman–Crippen MR) is 50.3 cm³/mol. The Morgan fingerprint density at radius 1 is 1.07 bits per heavy atom. The number of fused-ring (bicyclic) bond motifs is 2. The summed E-state index contributed by atoms with van der Waals surface area (Å²) < 4.78 is 16.8. The van der Waals surface area contributed by atoms with E-state index in [4.69, 9.17) is 14.2 Å². The van der Waals surface area contributed by atoms with Gasteiger partial charge >= 0.3 is 0 Å². The van der Waals surface area contributed by atoms with E-state index in [9.17, 15) is 0 Å². The van der Waals surface area contributed by atoms with Gasteiger partial charge < -0.3 is 14.2 Å². The van der Waals surface area contributed by atoms with Crippen LogP contribution in [0.15, 0.2) is 24.3 Å². The van der Waals surface area contributed by atoms with E-state index in [0.29, 0.717) is 13.2 Å². The number of para-hydroxylation sites is 1. The molecule has 0 aromatic heterocycles. The molecule has 14 heavy (non-hydrogen) atoms. The highest BCUT2D eigenvalue weighted by molar-refractivity contribution is 5.35. The van der Waals surface area contributed by atoms with Gasteiger partial charge in [0.1, 0.15) is 11.9 Å². The molecule has 0 bridgehead atoms. The summed E-state index contributed by atoms with van der Waals surface area (Å²) in [4.78, 5) is 0. The van der Waals surface area contributed by atoms with Crippen molar-refractivity contribution in [1.29, 1.82) is 0 Å². The first-order valence-electron chi connectivity index (χ1n) is 4.91. The Morgan fingerprint density at radius 3 is 2.93 bits per heavy atom. The molecule has 1 saturated heterocycles. The van der Waals surface area contributed by atoms with Gasteiger partial charge in [-0.2, -0.15) is 0 Å². The molecular formula is C11H12O3. The number of ether oxygens (including phenoxy) is 3. The fourth-order valence-electron chi connectivity index (χ4n) is 1.94. The Bertz CT molecular complexity index is 304. The Labute approximate surface area is 82.6 Å². The summed E-state index contributed by atoms with van der Waals surface area (Å²) in [6, 6.07) is 8.04. The van der Waals surface area contributed by atoms with Gasteiger partial charge in [0.25, 0.3) is 0 Å².